The van der Waals surface area contributed by atoms with Gasteiger partial charge in [-0.25, -0.2) is 9.97 Å². The first-order valence-electron chi connectivity index (χ1n) is 11.7. The van der Waals surface area contributed by atoms with E-state index in [-0.39, 0.29) is 41.0 Å². The van der Waals surface area contributed by atoms with E-state index < -0.39 is 6.55 Å². The Kier molecular flexibility index (Phi) is 5.71. The quantitative estimate of drug-likeness (QED) is 0.383. The maximum atomic E-state index is 13.6. The highest BCUT2D eigenvalue weighted by molar-refractivity contribution is 5.94. The largest absolute Gasteiger partial charge is 0.496 e. The van der Waals surface area contributed by atoms with Gasteiger partial charge in [-0.1, -0.05) is 0 Å². The highest BCUT2D eigenvalue weighted by atomic mass is 19.3. The minimum Gasteiger partial charge on any atom is -0.496 e. The van der Waals surface area contributed by atoms with Crippen LogP contribution in [-0.4, -0.2) is 61.5 Å². The third kappa shape index (κ3) is 4.35. The Hall–Kier alpha value is -4.13. The summed E-state index contributed by atoms with van der Waals surface area (Å²) in [5.41, 5.74) is 2.45. The average molecular weight is 511 g/mol. The predicted octanol–water partition coefficient (Wildman–Crippen LogP) is 3.22. The average Bonchev–Trinajstić information content (AvgIpc) is 3.38. The molecule has 5 heterocycles. The fourth-order valence-electron chi connectivity index (χ4n) is 4.34. The second kappa shape index (κ2) is 9.07. The molecule has 13 heteroatoms. The number of hydrogen-bond donors (Lipinski definition) is 1. The standard InChI is InChI=1S/C24H23F2N7O4/c1-12-5-27-16(4-18(12)35-2)14-3-15(14)23(34)31-20-9-32-8-17(28-7-21(32)30-20)22-19(37-13-10-36-11-13)6-29-33(22)24(25)26/h4-9,13-15,24H,3,10-11H2,1-2H3,(H,31,34)/t14-,15+/m1/s1. The van der Waals surface area contributed by atoms with Crippen LogP contribution in [-0.2, 0) is 9.53 Å². The number of rotatable bonds is 8. The number of methoxy groups -OCH3 is 1. The van der Waals surface area contributed by atoms with Crippen LogP contribution in [0.3, 0.4) is 0 Å². The van der Waals surface area contributed by atoms with E-state index in [2.05, 4.69) is 25.4 Å². The van der Waals surface area contributed by atoms with Gasteiger partial charge in [0.25, 0.3) is 0 Å². The number of amides is 1. The molecule has 192 valence electrons. The lowest BCUT2D eigenvalue weighted by Gasteiger charge is -2.26. The normalized spacial score (nSPS) is 19.2. The molecule has 1 amide bonds. The monoisotopic (exact) mass is 511 g/mol. The number of alkyl halides is 2. The fourth-order valence-corrected chi connectivity index (χ4v) is 4.34. The number of ether oxygens (including phenoxy) is 3. The van der Waals surface area contributed by atoms with Crippen molar-refractivity contribution in [3.63, 3.8) is 0 Å². The van der Waals surface area contributed by atoms with Crippen molar-refractivity contribution < 1.29 is 27.8 Å². The molecular formula is C24H23F2N7O4. The summed E-state index contributed by atoms with van der Waals surface area (Å²) in [6.07, 6.45) is 8.02. The summed E-state index contributed by atoms with van der Waals surface area (Å²) in [7, 11) is 1.60. The molecule has 6 rings (SSSR count). The first-order chi connectivity index (χ1) is 17.9. The highest BCUT2D eigenvalue weighted by Gasteiger charge is 2.45. The molecule has 0 spiro atoms. The van der Waals surface area contributed by atoms with Crippen LogP contribution in [0.1, 0.15) is 30.1 Å². The lowest BCUT2D eigenvalue weighted by molar-refractivity contribution is -0.117. The zero-order valence-corrected chi connectivity index (χ0v) is 20.0. The van der Waals surface area contributed by atoms with Crippen molar-refractivity contribution >= 4 is 17.4 Å². The number of aromatic nitrogens is 6. The maximum Gasteiger partial charge on any atom is 0.333 e. The second-order valence-electron chi connectivity index (χ2n) is 9.04. The first-order valence-corrected chi connectivity index (χ1v) is 11.7. The molecule has 1 aliphatic carbocycles. The van der Waals surface area contributed by atoms with Gasteiger partial charge >= 0.3 is 6.55 Å². The second-order valence-corrected chi connectivity index (χ2v) is 9.04. The molecule has 2 fully saturated rings. The van der Waals surface area contributed by atoms with Crippen LogP contribution in [0.25, 0.3) is 17.0 Å². The van der Waals surface area contributed by atoms with Gasteiger partial charge < -0.3 is 23.9 Å². The lowest BCUT2D eigenvalue weighted by Crippen LogP contribution is -2.38. The Balaban J connectivity index is 1.20. The van der Waals surface area contributed by atoms with Gasteiger partial charge in [0.15, 0.2) is 17.2 Å². The third-order valence-electron chi connectivity index (χ3n) is 6.49. The predicted molar refractivity (Wildman–Crippen MR) is 126 cm³/mol. The first kappa shape index (κ1) is 23.3. The van der Waals surface area contributed by atoms with E-state index in [0.717, 1.165) is 17.0 Å². The molecule has 2 atom stereocenters. The zero-order valence-electron chi connectivity index (χ0n) is 20.0. The summed E-state index contributed by atoms with van der Waals surface area (Å²) < 4.78 is 45.6. The number of halogens is 2. The van der Waals surface area contributed by atoms with E-state index in [1.54, 1.807) is 30.1 Å². The van der Waals surface area contributed by atoms with Gasteiger partial charge in [0.1, 0.15) is 23.2 Å². The molecule has 37 heavy (non-hydrogen) atoms. The number of hydrogen-bond acceptors (Lipinski definition) is 8. The Morgan fingerprint density at radius 1 is 1.19 bits per heavy atom. The zero-order chi connectivity index (χ0) is 25.7. The van der Waals surface area contributed by atoms with Gasteiger partial charge in [-0.3, -0.25) is 9.78 Å². The molecule has 1 saturated carbocycles. The SMILES string of the molecule is COc1cc([C@@H]2C[C@@H]2C(=O)Nc2cn3cc(-c4c(OC5COC5)cnn4C(F)F)ncc3n2)ncc1C. The Bertz CT molecular complexity index is 1480. The molecule has 0 radical (unpaired) electrons. The topological polar surface area (TPSA) is 118 Å². The van der Waals surface area contributed by atoms with Crippen molar-refractivity contribution in [3.05, 3.63) is 48.3 Å². The minimum atomic E-state index is -2.88. The number of fused-ring (bicyclic) bond motifs is 1. The maximum absolute atomic E-state index is 13.6. The van der Waals surface area contributed by atoms with Crippen LogP contribution in [0.4, 0.5) is 14.6 Å². The summed E-state index contributed by atoms with van der Waals surface area (Å²) in [6, 6.07) is 1.87. The van der Waals surface area contributed by atoms with Crippen molar-refractivity contribution in [1.82, 2.24) is 29.1 Å². The molecule has 4 aromatic rings. The smallest absolute Gasteiger partial charge is 0.333 e. The summed E-state index contributed by atoms with van der Waals surface area (Å²) in [6.45, 7) is -0.207. The van der Waals surface area contributed by atoms with E-state index in [1.807, 2.05) is 13.0 Å². The van der Waals surface area contributed by atoms with Crippen molar-refractivity contribution in [2.24, 2.45) is 5.92 Å². The van der Waals surface area contributed by atoms with Crippen molar-refractivity contribution in [1.29, 1.82) is 0 Å². The van der Waals surface area contributed by atoms with Gasteiger partial charge in [-0.15, -0.1) is 0 Å². The number of imidazole rings is 1. The molecule has 0 bridgehead atoms. The van der Waals surface area contributed by atoms with Gasteiger partial charge in [0.05, 0.1) is 38.9 Å². The van der Waals surface area contributed by atoms with Crippen LogP contribution in [0.15, 0.2) is 37.1 Å². The molecule has 1 N–H and O–H groups in total. The van der Waals surface area contributed by atoms with Crippen molar-refractivity contribution in [3.8, 4) is 22.9 Å². The summed E-state index contributed by atoms with van der Waals surface area (Å²) in [4.78, 5) is 26.0. The highest BCUT2D eigenvalue weighted by Crippen LogP contribution is 2.48. The third-order valence-corrected chi connectivity index (χ3v) is 6.49. The molecule has 4 aromatic heterocycles. The molecule has 11 nitrogen and oxygen atoms in total. The number of anilines is 1. The molecule has 1 saturated heterocycles. The van der Waals surface area contributed by atoms with E-state index in [9.17, 15) is 13.6 Å². The molecular weight excluding hydrogens is 488 g/mol. The van der Waals surface area contributed by atoms with Gasteiger partial charge in [0.2, 0.25) is 5.91 Å². The van der Waals surface area contributed by atoms with Gasteiger partial charge in [-0.05, 0) is 13.3 Å². The lowest BCUT2D eigenvalue weighted by atomic mass is 10.1. The summed E-state index contributed by atoms with van der Waals surface area (Å²) in [5.74, 6) is 0.868. The van der Waals surface area contributed by atoms with E-state index in [4.69, 9.17) is 14.2 Å². The van der Waals surface area contributed by atoms with Crippen LogP contribution in [0.5, 0.6) is 11.5 Å². The molecule has 0 unspecified atom stereocenters. The van der Waals surface area contributed by atoms with Crippen molar-refractivity contribution in [2.75, 3.05) is 25.6 Å². The van der Waals surface area contributed by atoms with E-state index in [1.165, 1.54) is 12.4 Å². The summed E-state index contributed by atoms with van der Waals surface area (Å²) >= 11 is 0. The Labute approximate surface area is 209 Å². The number of carbonyl (C=O) groups excluding carboxylic acids is 1. The van der Waals surface area contributed by atoms with Crippen molar-refractivity contribution in [2.45, 2.75) is 31.9 Å². The number of nitrogens with zero attached hydrogens (tertiary/aromatic N) is 6. The fraction of sp³-hybridized carbons (Fsp3) is 0.375. The van der Waals surface area contributed by atoms with Gasteiger partial charge in [-0.2, -0.15) is 18.6 Å². The minimum absolute atomic E-state index is 0.00826. The number of pyridine rings is 1. The molecule has 0 aromatic carbocycles. The Morgan fingerprint density at radius 3 is 2.76 bits per heavy atom. The van der Waals surface area contributed by atoms with Crippen LogP contribution >= 0.6 is 0 Å². The van der Waals surface area contributed by atoms with E-state index in [0.29, 0.717) is 35.8 Å². The molecule has 2 aliphatic rings. The summed E-state index contributed by atoms with van der Waals surface area (Å²) in [5, 5.41) is 6.60. The van der Waals surface area contributed by atoms with E-state index >= 15 is 0 Å². The van der Waals surface area contributed by atoms with Crippen LogP contribution in [0, 0.1) is 12.8 Å². The molecule has 1 aliphatic heterocycles. The van der Waals surface area contributed by atoms with Crippen LogP contribution < -0.4 is 14.8 Å². The number of nitrogens with one attached hydrogen (secondary N) is 1. The number of carbonyl (C=O) groups is 1. The van der Waals surface area contributed by atoms with Crippen LogP contribution in [0.2, 0.25) is 0 Å². The van der Waals surface area contributed by atoms with Gasteiger partial charge in [0, 0.05) is 41.6 Å². The Morgan fingerprint density at radius 2 is 2.03 bits per heavy atom. The number of aryl methyl sites for hydroxylation is 1.